The van der Waals surface area contributed by atoms with Crippen LogP contribution in [0.3, 0.4) is 0 Å². The van der Waals surface area contributed by atoms with Gasteiger partial charge in [-0.05, 0) is 50.7 Å². The molecule has 8 heterocycles. The minimum absolute atomic E-state index is 0.0601. The summed E-state index contributed by atoms with van der Waals surface area (Å²) in [7, 11) is -2.71. The number of carbonyl (C=O) groups is 21. The first-order valence-corrected chi connectivity index (χ1v) is 44.8. The fourth-order valence-corrected chi connectivity index (χ4v) is 19.9. The van der Waals surface area contributed by atoms with Gasteiger partial charge in [0.05, 0.1) is 114 Å². The van der Waals surface area contributed by atoms with Crippen molar-refractivity contribution in [3.8, 4) is 5.75 Å². The van der Waals surface area contributed by atoms with E-state index in [0.29, 0.717) is 9.80 Å². The lowest BCUT2D eigenvalue weighted by molar-refractivity contribution is -0.157. The lowest BCUT2D eigenvalue weighted by atomic mass is 9.85. The normalized spacial score (nSPS) is 30.5. The monoisotopic (exact) mass is 1790 g/mol. The molecule has 0 radical (unpaired) electrons. The van der Waals surface area contributed by atoms with Crippen LogP contribution >= 0.6 is 23.5 Å². The number of nitrogens with one attached hydrogen (secondary N) is 8. The highest BCUT2D eigenvalue weighted by atomic mass is 32.2. The van der Waals surface area contributed by atoms with Crippen molar-refractivity contribution in [1.29, 1.82) is 0 Å². The topological polar surface area (TPSA) is 600 Å². The Morgan fingerprint density at radius 2 is 1.16 bits per heavy atom. The van der Waals surface area contributed by atoms with E-state index < -0.39 is 348 Å². The molecule has 7 aliphatic rings. The number of hydrogen-bond donors (Lipinski definition) is 12. The van der Waals surface area contributed by atoms with Crippen molar-refractivity contribution in [2.45, 2.75) is 234 Å². The summed E-state index contributed by atoms with van der Waals surface area (Å²) in [6, 6.07) is -10.8. The van der Waals surface area contributed by atoms with Crippen molar-refractivity contribution >= 4 is 168 Å². The summed E-state index contributed by atoms with van der Waals surface area (Å²) in [5, 5.41) is 47.8. The molecule has 1 aromatic heterocycles. The summed E-state index contributed by atoms with van der Waals surface area (Å²) in [4.78, 5) is 304. The molecule has 4 fully saturated rings. The van der Waals surface area contributed by atoms with Crippen molar-refractivity contribution in [3.05, 3.63) is 23.3 Å². The molecular weight excluding hydrogens is 1690 g/mol. The average Bonchev–Trinajstić information content (AvgIpc) is 1.60. The van der Waals surface area contributed by atoms with Crippen LogP contribution in [0.1, 0.15) is 156 Å². The van der Waals surface area contributed by atoms with Gasteiger partial charge in [0.15, 0.2) is 34.7 Å². The van der Waals surface area contributed by atoms with E-state index in [1.807, 2.05) is 0 Å². The number of carbonyl (C=O) groups excluding carboxylic acids is 21. The predicted octanol–water partition coefficient (Wildman–Crippen LogP) is -3.27. The molecule has 2 aromatic rings. The van der Waals surface area contributed by atoms with Crippen LogP contribution in [0.2, 0.25) is 0 Å². The number of thioether (sulfide) groups is 2. The maximum absolute atomic E-state index is 15.8. The molecule has 19 atom stereocenters. The molecule has 10 unspecified atom stereocenters. The number of ether oxygens (including phenoxy) is 3. The zero-order chi connectivity index (χ0) is 91.0. The van der Waals surface area contributed by atoms with Crippen molar-refractivity contribution < 1.29 is 134 Å². The first-order chi connectivity index (χ1) is 58.7. The number of aliphatic hydroxyl groups is 3. The van der Waals surface area contributed by atoms with E-state index in [4.69, 9.17) is 19.9 Å². The molecule has 0 spiro atoms. The fraction of sp³-hybridized carbons (Fsp3) is 0.642. The highest BCUT2D eigenvalue weighted by Gasteiger charge is 2.56. The van der Waals surface area contributed by atoms with Gasteiger partial charge in [0.1, 0.15) is 40.7 Å². The number of imide groups is 2. The zero-order valence-corrected chi connectivity index (χ0v) is 72.3. The van der Waals surface area contributed by atoms with E-state index in [9.17, 15) is 102 Å². The number of nitrogens with zero attached hydrogens (tertiary/aromatic N) is 3. The second-order valence-electron chi connectivity index (χ2n) is 32.6. The zero-order valence-electron chi connectivity index (χ0n) is 69.8. The molecule has 4 saturated heterocycles. The third-order valence-electron chi connectivity index (χ3n) is 23.3. The van der Waals surface area contributed by atoms with Gasteiger partial charge in [0.2, 0.25) is 76.8 Å². The number of nitrogens with two attached hydrogens (primary N) is 1. The molecule has 0 saturated carbocycles. The summed E-state index contributed by atoms with van der Waals surface area (Å²) in [6.45, 7) is 5.52. The molecule has 678 valence electrons. The largest absolute Gasteiger partial charge is 0.426 e. The number of amides is 13. The Kier molecular flexibility index (Phi) is 35.0. The van der Waals surface area contributed by atoms with Gasteiger partial charge < -0.3 is 82.4 Å². The van der Waals surface area contributed by atoms with E-state index in [1.165, 1.54) is 46.8 Å². The summed E-state index contributed by atoms with van der Waals surface area (Å²) in [6.07, 6.45) is -11.4. The maximum atomic E-state index is 15.8. The second kappa shape index (κ2) is 44.3. The number of primary amides is 1. The number of hydrogen-bond acceptors (Lipinski definition) is 30. The van der Waals surface area contributed by atoms with Crippen molar-refractivity contribution in [2.24, 2.45) is 41.2 Å². The molecule has 13 amide bonds. The van der Waals surface area contributed by atoms with Crippen LogP contribution in [0.25, 0.3) is 10.9 Å². The van der Waals surface area contributed by atoms with Gasteiger partial charge >= 0.3 is 5.97 Å². The fourth-order valence-electron chi connectivity index (χ4n) is 15.8. The summed E-state index contributed by atoms with van der Waals surface area (Å²) in [5.41, 5.74) is 5.22. The van der Waals surface area contributed by atoms with Crippen LogP contribution in [0.4, 0.5) is 0 Å². The van der Waals surface area contributed by atoms with E-state index in [0.717, 1.165) is 28.4 Å². The third kappa shape index (κ3) is 24.8. The number of fused-ring (bicyclic) bond motifs is 13. The highest BCUT2D eigenvalue weighted by molar-refractivity contribution is 8.17. The minimum atomic E-state index is -2.71. The lowest BCUT2D eigenvalue weighted by Gasteiger charge is -2.36. The molecule has 1 aromatic carbocycles. The number of aliphatic hydroxyl groups excluding tert-OH is 3. The van der Waals surface area contributed by atoms with E-state index in [2.05, 4.69) is 42.2 Å². The predicted molar refractivity (Wildman–Crippen MR) is 438 cm³/mol. The summed E-state index contributed by atoms with van der Waals surface area (Å²) >= 11 is 2.14. The molecule has 9 rings (SSSR count). The van der Waals surface area contributed by atoms with Crippen LogP contribution in [0, 0.1) is 35.5 Å². The standard InChI is InChI=1S/C81H108N12O28S3/c1-8-37(2)70-76(113)84-31-66(107)87-50-35-124(118)77-48(22-44(74(111)83-32-67(108)89-70)24-58(102)71(40(5)59(103)34-94)90-75(112)51-27-46(95)33-91(51)78(114)45(25-57(50)101)26-63(82)104)47-21-43-23-54(98)38(3)19-55(99)41(6)85-64(105)13-17-119-15-9-11-52(96)72-73(93-69(110)30-62(80(93)116)123-36-122-61-29-68(109)92(72)79(61)115)53(97)12-10-16-120-18-14-65(106)86-42(7)56(100)20-39(4)81(117)121-60(43)28-49(47)88-77/h21,28,37-42,44-46,50-51,59,61-62,70-73,88,94-95,103H,8-20,22-27,29-36H2,1-7H3,(H2,82,104)(H,83,111)(H,84,113)(H,85,105)(H,86,106)(H,87,107)(H,89,108)(H,90,112)/t37-,38?,39?,40?,41?,42?,44+,45-,46+,50-,51-,59-,61?,62?,70-,71-,72?,73?,124?/m0/s1. The van der Waals surface area contributed by atoms with Gasteiger partial charge in [-0.1, -0.05) is 41.0 Å². The third-order valence-corrected chi connectivity index (χ3v) is 27.4. The average molecular weight is 1790 g/mol. The Hall–Kier alpha value is -9.92. The molecule has 13 N–H and O–H groups in total. The number of aromatic amines is 1. The van der Waals surface area contributed by atoms with Crippen LogP contribution in [-0.4, -0.2) is 297 Å². The Bertz CT molecular complexity index is 4580. The molecule has 43 heteroatoms. The van der Waals surface area contributed by atoms with Crippen molar-refractivity contribution in [2.75, 3.05) is 63.5 Å². The first-order valence-electron chi connectivity index (χ1n) is 41.4. The number of ketones is 7. The number of Topliss-reactive ketones (excluding diaryl/α,β-unsaturated/α-hetero) is 7. The van der Waals surface area contributed by atoms with E-state index >= 15 is 18.6 Å². The number of esters is 1. The van der Waals surface area contributed by atoms with Crippen LogP contribution in [0.15, 0.2) is 17.2 Å². The minimum Gasteiger partial charge on any atom is -0.426 e. The van der Waals surface area contributed by atoms with Gasteiger partial charge in [-0.15, -0.1) is 23.5 Å². The van der Waals surface area contributed by atoms with Crippen LogP contribution in [-0.2, 0) is 134 Å². The molecule has 0 aliphatic carbocycles. The number of aromatic nitrogens is 1. The van der Waals surface area contributed by atoms with Crippen molar-refractivity contribution in [3.63, 3.8) is 0 Å². The Labute approximate surface area is 723 Å². The summed E-state index contributed by atoms with van der Waals surface area (Å²) in [5.74, 6) is -28.6. The smallest absolute Gasteiger partial charge is 0.314 e. The lowest BCUT2D eigenvalue weighted by Crippen LogP contribution is -2.62. The quantitative estimate of drug-likeness (QED) is 0.0735. The second-order valence-corrected chi connectivity index (χ2v) is 36.8. The van der Waals surface area contributed by atoms with E-state index in [-0.39, 0.29) is 98.5 Å². The highest BCUT2D eigenvalue weighted by Crippen LogP contribution is 2.40. The number of H-pyrrole nitrogens is 1. The van der Waals surface area contributed by atoms with Gasteiger partial charge in [-0.25, -0.2) is 0 Å². The molecular formula is C81H108N12O28S3. The summed E-state index contributed by atoms with van der Waals surface area (Å²) < 4.78 is 33.3. The molecule has 40 nitrogen and oxygen atoms in total. The Balaban J connectivity index is 1.09. The van der Waals surface area contributed by atoms with Gasteiger partial charge in [-0.2, -0.15) is 0 Å². The Morgan fingerprint density at radius 3 is 1.72 bits per heavy atom. The number of rotatable bonds is 7. The molecule has 124 heavy (non-hydrogen) atoms. The maximum Gasteiger partial charge on any atom is 0.314 e. The van der Waals surface area contributed by atoms with Crippen LogP contribution < -0.4 is 47.7 Å². The van der Waals surface area contributed by atoms with Gasteiger partial charge in [0, 0.05) is 143 Å². The van der Waals surface area contributed by atoms with E-state index in [1.54, 1.807) is 13.8 Å². The number of benzene rings is 1. The molecule has 7 aliphatic heterocycles. The Morgan fingerprint density at radius 1 is 0.605 bits per heavy atom. The van der Waals surface area contributed by atoms with Gasteiger partial charge in [0.25, 0.3) is 0 Å². The molecule has 6 bridgehead atoms. The first kappa shape index (κ1) is 97.9. The SMILES string of the molecule is CC[C@H](C)[C@@H]1NC(=O)CNC(=O)[C@H]2CC(=O)[C@H](C(C)[C@@H](O)CO)NC(=O)[C@@H]3C[C@@H](O)CN3C(=O)[C@H](CC(N)=O)CC(=O)[C@H](CS(=O)c3[nH]c4cc5c(cc4c3C2)CC(=O)C(C)CC(=O)C(C)NC(=O)CCOCCCC(=O)C2C(C(=O)CCCOCCC(=O)NC(C)C(=O)CC(C)C(=O)O5)N3C(=O)CC(SCSC4CC(=O)N2C4=O)C3=O)NC(=O)CNC1=O. The van der Waals surface area contributed by atoms with Crippen molar-refractivity contribution in [1.82, 2.24) is 56.9 Å². The van der Waals surface area contributed by atoms with Gasteiger partial charge in [-0.3, -0.25) is 115 Å². The van der Waals surface area contributed by atoms with Crippen LogP contribution in [0.5, 0.6) is 5.75 Å².